The van der Waals surface area contributed by atoms with Crippen LogP contribution in [0.15, 0.2) is 72.8 Å². The van der Waals surface area contributed by atoms with Crippen molar-refractivity contribution in [1.82, 2.24) is 0 Å². The van der Waals surface area contributed by atoms with E-state index in [4.69, 9.17) is 9.47 Å². The number of rotatable bonds is 6. The van der Waals surface area contributed by atoms with Crippen LogP contribution in [0.1, 0.15) is 0 Å². The van der Waals surface area contributed by atoms with E-state index in [-0.39, 0.29) is 6.03 Å². The largest absolute Gasteiger partial charge is 0.497 e. The highest BCUT2D eigenvalue weighted by Gasteiger charge is 2.06. The summed E-state index contributed by atoms with van der Waals surface area (Å²) in [4.78, 5) is 12.0. The van der Waals surface area contributed by atoms with Gasteiger partial charge < -0.3 is 25.4 Å². The van der Waals surface area contributed by atoms with Crippen LogP contribution in [0, 0.1) is 0 Å². The quantitative estimate of drug-likeness (QED) is 0.570. The summed E-state index contributed by atoms with van der Waals surface area (Å²) in [7, 11) is 3.22. The molecule has 0 aromatic heterocycles. The van der Waals surface area contributed by atoms with E-state index < -0.39 is 0 Å². The molecule has 0 aliphatic heterocycles. The number of hydrogen-bond acceptors (Lipinski definition) is 4. The number of carbonyl (C=O) groups is 1. The van der Waals surface area contributed by atoms with Crippen molar-refractivity contribution in [3.63, 3.8) is 0 Å². The summed E-state index contributed by atoms with van der Waals surface area (Å²) in [5, 5.41) is 8.86. The monoisotopic (exact) mass is 363 g/mol. The van der Waals surface area contributed by atoms with Gasteiger partial charge in [0.15, 0.2) is 0 Å². The smallest absolute Gasteiger partial charge is 0.323 e. The molecule has 6 heteroatoms. The molecule has 3 aromatic rings. The molecule has 0 spiro atoms. The van der Waals surface area contributed by atoms with Gasteiger partial charge >= 0.3 is 6.03 Å². The molecule has 27 heavy (non-hydrogen) atoms. The molecular formula is C21H21N3O3. The highest BCUT2D eigenvalue weighted by Crippen LogP contribution is 2.31. The Morgan fingerprint density at radius 3 is 2.00 bits per heavy atom. The van der Waals surface area contributed by atoms with Crippen LogP contribution in [-0.4, -0.2) is 20.3 Å². The summed E-state index contributed by atoms with van der Waals surface area (Å²) >= 11 is 0. The van der Waals surface area contributed by atoms with E-state index in [1.54, 1.807) is 14.2 Å². The van der Waals surface area contributed by atoms with Gasteiger partial charge in [-0.2, -0.15) is 0 Å². The minimum Gasteiger partial charge on any atom is -0.497 e. The first kappa shape index (κ1) is 18.1. The summed E-state index contributed by atoms with van der Waals surface area (Å²) in [6.45, 7) is 0. The van der Waals surface area contributed by atoms with Crippen LogP contribution < -0.4 is 25.4 Å². The normalized spacial score (nSPS) is 10.0. The van der Waals surface area contributed by atoms with Gasteiger partial charge in [0.05, 0.1) is 19.9 Å². The minimum atomic E-state index is -0.293. The predicted molar refractivity (Wildman–Crippen MR) is 108 cm³/mol. The average Bonchev–Trinajstić information content (AvgIpc) is 2.70. The number of hydrogen-bond donors (Lipinski definition) is 3. The average molecular weight is 363 g/mol. The van der Waals surface area contributed by atoms with Crippen LogP contribution in [0.4, 0.5) is 27.5 Å². The molecule has 3 aromatic carbocycles. The van der Waals surface area contributed by atoms with Crippen LogP contribution in [0.5, 0.6) is 11.5 Å². The number of methoxy groups -OCH3 is 2. The topological polar surface area (TPSA) is 71.6 Å². The van der Waals surface area contributed by atoms with Crippen molar-refractivity contribution in [2.24, 2.45) is 0 Å². The molecule has 0 heterocycles. The Morgan fingerprint density at radius 1 is 0.741 bits per heavy atom. The fraction of sp³-hybridized carbons (Fsp3) is 0.0952. The fourth-order valence-corrected chi connectivity index (χ4v) is 2.51. The third kappa shape index (κ3) is 4.92. The number of carbonyl (C=O) groups excluding carboxylic acids is 1. The van der Waals surface area contributed by atoms with Crippen molar-refractivity contribution in [2.45, 2.75) is 0 Å². The zero-order chi connectivity index (χ0) is 19.1. The molecule has 2 amide bonds. The van der Waals surface area contributed by atoms with Crippen molar-refractivity contribution in [3.05, 3.63) is 72.8 Å². The van der Waals surface area contributed by atoms with Gasteiger partial charge in [0, 0.05) is 23.1 Å². The Labute approximate surface area is 158 Å². The Kier molecular flexibility index (Phi) is 5.79. The standard InChI is InChI=1S/C21H21N3O3/c1-26-18-12-13-19(20(14-18)27-2)22-16-8-10-17(11-9-16)24-21(25)23-15-6-4-3-5-7-15/h3-14,22H,1-2H3,(H2,23,24,25). The van der Waals surface area contributed by atoms with Crippen molar-refractivity contribution >= 4 is 28.8 Å². The first-order chi connectivity index (χ1) is 13.2. The minimum absolute atomic E-state index is 0.293. The molecule has 0 atom stereocenters. The van der Waals surface area contributed by atoms with E-state index in [9.17, 15) is 4.79 Å². The van der Waals surface area contributed by atoms with Crippen LogP contribution in [0.25, 0.3) is 0 Å². The van der Waals surface area contributed by atoms with Gasteiger partial charge in [0.1, 0.15) is 11.5 Å². The molecule has 0 aliphatic carbocycles. The maximum Gasteiger partial charge on any atom is 0.323 e. The second-order valence-electron chi connectivity index (χ2n) is 5.71. The fourth-order valence-electron chi connectivity index (χ4n) is 2.51. The SMILES string of the molecule is COc1ccc(Nc2ccc(NC(=O)Nc3ccccc3)cc2)c(OC)c1. The van der Waals surface area contributed by atoms with Crippen LogP contribution in [-0.2, 0) is 0 Å². The number of benzene rings is 3. The maximum atomic E-state index is 12.0. The highest BCUT2D eigenvalue weighted by molar-refractivity contribution is 5.99. The Morgan fingerprint density at radius 2 is 1.37 bits per heavy atom. The van der Waals surface area contributed by atoms with Crippen LogP contribution >= 0.6 is 0 Å². The Hall–Kier alpha value is -3.67. The summed E-state index contributed by atoms with van der Waals surface area (Å²) < 4.78 is 10.6. The first-order valence-corrected chi connectivity index (χ1v) is 8.40. The number of anilines is 4. The Bertz CT molecular complexity index is 896. The first-order valence-electron chi connectivity index (χ1n) is 8.40. The lowest BCUT2D eigenvalue weighted by Crippen LogP contribution is -2.19. The molecule has 0 saturated carbocycles. The van der Waals surface area contributed by atoms with Gasteiger partial charge in [-0.25, -0.2) is 4.79 Å². The predicted octanol–water partition coefficient (Wildman–Crippen LogP) is 5.09. The number of para-hydroxylation sites is 1. The lowest BCUT2D eigenvalue weighted by atomic mass is 10.2. The van der Waals surface area contributed by atoms with E-state index in [0.29, 0.717) is 11.4 Å². The lowest BCUT2D eigenvalue weighted by Gasteiger charge is -2.13. The second-order valence-corrected chi connectivity index (χ2v) is 5.71. The zero-order valence-corrected chi connectivity index (χ0v) is 15.2. The van der Waals surface area contributed by atoms with Gasteiger partial charge in [-0.3, -0.25) is 0 Å². The molecule has 3 N–H and O–H groups in total. The molecule has 0 unspecified atom stereocenters. The molecule has 0 bridgehead atoms. The van der Waals surface area contributed by atoms with Crippen LogP contribution in [0.3, 0.4) is 0 Å². The number of nitrogens with one attached hydrogen (secondary N) is 3. The van der Waals surface area contributed by atoms with E-state index in [2.05, 4.69) is 16.0 Å². The van der Waals surface area contributed by atoms with E-state index in [0.717, 1.165) is 22.8 Å². The summed E-state index contributed by atoms with van der Waals surface area (Å²) in [6.07, 6.45) is 0. The molecule has 0 fully saturated rings. The maximum absolute atomic E-state index is 12.0. The van der Waals surface area contributed by atoms with E-state index in [1.807, 2.05) is 72.8 Å². The number of amides is 2. The van der Waals surface area contributed by atoms with Gasteiger partial charge in [-0.1, -0.05) is 18.2 Å². The van der Waals surface area contributed by atoms with E-state index >= 15 is 0 Å². The third-order valence-corrected chi connectivity index (χ3v) is 3.86. The zero-order valence-electron chi connectivity index (χ0n) is 15.2. The van der Waals surface area contributed by atoms with Crippen LogP contribution in [0.2, 0.25) is 0 Å². The third-order valence-electron chi connectivity index (χ3n) is 3.86. The highest BCUT2D eigenvalue weighted by atomic mass is 16.5. The summed E-state index contributed by atoms with van der Waals surface area (Å²) in [5.74, 6) is 1.40. The van der Waals surface area contributed by atoms with E-state index in [1.165, 1.54) is 0 Å². The van der Waals surface area contributed by atoms with Gasteiger partial charge in [-0.15, -0.1) is 0 Å². The molecule has 138 valence electrons. The number of ether oxygens (including phenoxy) is 2. The molecule has 0 aliphatic rings. The summed E-state index contributed by atoms with van der Waals surface area (Å²) in [6, 6.07) is 21.9. The van der Waals surface area contributed by atoms with Crippen molar-refractivity contribution in [1.29, 1.82) is 0 Å². The molecule has 0 saturated heterocycles. The van der Waals surface area contributed by atoms with Gasteiger partial charge in [0.2, 0.25) is 0 Å². The summed E-state index contributed by atoms with van der Waals surface area (Å²) in [5.41, 5.74) is 3.11. The Balaban J connectivity index is 1.63. The second kappa shape index (κ2) is 8.62. The molecule has 0 radical (unpaired) electrons. The van der Waals surface area contributed by atoms with Crippen molar-refractivity contribution in [3.8, 4) is 11.5 Å². The molecular weight excluding hydrogens is 342 g/mol. The van der Waals surface area contributed by atoms with Crippen molar-refractivity contribution in [2.75, 3.05) is 30.2 Å². The van der Waals surface area contributed by atoms with Gasteiger partial charge in [-0.05, 0) is 48.5 Å². The molecule has 6 nitrogen and oxygen atoms in total. The van der Waals surface area contributed by atoms with Crippen molar-refractivity contribution < 1.29 is 14.3 Å². The molecule has 3 rings (SSSR count). The lowest BCUT2D eigenvalue weighted by molar-refractivity contribution is 0.262. The number of urea groups is 1. The van der Waals surface area contributed by atoms with Gasteiger partial charge in [0.25, 0.3) is 0 Å².